The summed E-state index contributed by atoms with van der Waals surface area (Å²) in [6.45, 7) is 0.904. The first kappa shape index (κ1) is 11.7. The molecule has 1 saturated carbocycles. The number of nitrogens with one attached hydrogen (secondary N) is 2. The first-order valence-electron chi connectivity index (χ1n) is 7.23. The summed E-state index contributed by atoms with van der Waals surface area (Å²) in [6, 6.07) is 10.4. The highest BCUT2D eigenvalue weighted by molar-refractivity contribution is 5.48. The summed E-state index contributed by atoms with van der Waals surface area (Å²) in [6.07, 6.45) is 3.93. The van der Waals surface area contributed by atoms with Crippen LogP contribution in [0.25, 0.3) is 0 Å². The van der Waals surface area contributed by atoms with Crippen molar-refractivity contribution in [3.05, 3.63) is 57.6 Å². The monoisotopic (exact) mass is 267 g/mol. The Morgan fingerprint density at radius 3 is 2.70 bits per heavy atom. The van der Waals surface area contributed by atoms with Crippen LogP contribution in [0.3, 0.4) is 0 Å². The summed E-state index contributed by atoms with van der Waals surface area (Å²) in [7, 11) is 0. The Bertz CT molecular complexity index is 701. The van der Waals surface area contributed by atoms with Crippen LogP contribution >= 0.6 is 0 Å². The Hall–Kier alpha value is -2.10. The van der Waals surface area contributed by atoms with Gasteiger partial charge in [0.2, 0.25) is 0 Å². The van der Waals surface area contributed by atoms with Gasteiger partial charge >= 0.3 is 0 Å². The molecule has 4 rings (SSSR count). The third kappa shape index (κ3) is 1.68. The van der Waals surface area contributed by atoms with Crippen LogP contribution in [0.4, 0.5) is 5.82 Å². The molecule has 2 aliphatic rings. The van der Waals surface area contributed by atoms with Gasteiger partial charge in [-0.25, -0.2) is 4.98 Å². The molecule has 1 aliphatic carbocycles. The molecule has 0 saturated heterocycles. The van der Waals surface area contributed by atoms with E-state index >= 15 is 0 Å². The van der Waals surface area contributed by atoms with Gasteiger partial charge in [-0.3, -0.25) is 4.79 Å². The van der Waals surface area contributed by atoms with Gasteiger partial charge in [-0.2, -0.15) is 0 Å². The van der Waals surface area contributed by atoms with Crippen molar-refractivity contribution in [1.82, 2.24) is 9.97 Å². The number of nitrogens with zero attached hydrogens (tertiary/aromatic N) is 1. The maximum Gasteiger partial charge on any atom is 0.256 e. The zero-order chi connectivity index (χ0) is 13.6. The predicted octanol–water partition coefficient (Wildman–Crippen LogP) is 2.21. The lowest BCUT2D eigenvalue weighted by atomic mass is 9.95. The fourth-order valence-electron chi connectivity index (χ4n) is 3.12. The van der Waals surface area contributed by atoms with E-state index in [4.69, 9.17) is 4.98 Å². The van der Waals surface area contributed by atoms with Crippen LogP contribution in [0, 0.1) is 0 Å². The molecule has 2 N–H and O–H groups in total. The number of anilines is 1. The smallest absolute Gasteiger partial charge is 0.256 e. The van der Waals surface area contributed by atoms with Crippen molar-refractivity contribution in [2.45, 2.75) is 31.1 Å². The lowest BCUT2D eigenvalue weighted by Crippen LogP contribution is -2.28. The Balaban J connectivity index is 1.84. The average molecular weight is 267 g/mol. The average Bonchev–Trinajstić information content (AvgIpc) is 3.30. The van der Waals surface area contributed by atoms with Crippen LogP contribution in [0.2, 0.25) is 0 Å². The Labute approximate surface area is 117 Å². The molecule has 2 aromatic rings. The Morgan fingerprint density at radius 1 is 1.15 bits per heavy atom. The lowest BCUT2D eigenvalue weighted by Gasteiger charge is -2.20. The zero-order valence-electron chi connectivity index (χ0n) is 11.3. The summed E-state index contributed by atoms with van der Waals surface area (Å²) in [4.78, 5) is 20.0. The molecule has 1 aromatic carbocycles. The van der Waals surface area contributed by atoms with E-state index in [2.05, 4.69) is 22.4 Å². The van der Waals surface area contributed by atoms with Crippen LogP contribution in [-0.4, -0.2) is 16.5 Å². The fourth-order valence-corrected chi connectivity index (χ4v) is 3.12. The van der Waals surface area contributed by atoms with Gasteiger partial charge in [0.05, 0.1) is 11.0 Å². The maximum atomic E-state index is 12.3. The van der Waals surface area contributed by atoms with Crippen molar-refractivity contribution >= 4 is 5.82 Å². The normalized spacial score (nSPS) is 19.0. The summed E-state index contributed by atoms with van der Waals surface area (Å²) in [5.74, 6) is 1.61. The molecular formula is C16H17N3O. The summed E-state index contributed by atoms with van der Waals surface area (Å²) < 4.78 is 0. The van der Waals surface area contributed by atoms with Crippen molar-refractivity contribution in [2.24, 2.45) is 0 Å². The molecule has 1 fully saturated rings. The number of hydrogen-bond acceptors (Lipinski definition) is 3. The van der Waals surface area contributed by atoms with Crippen molar-refractivity contribution in [3.63, 3.8) is 0 Å². The largest absolute Gasteiger partial charge is 0.370 e. The van der Waals surface area contributed by atoms with Gasteiger partial charge < -0.3 is 10.3 Å². The molecule has 0 bridgehead atoms. The Kier molecular flexibility index (Phi) is 2.46. The minimum absolute atomic E-state index is 0.0272. The number of fused-ring (bicyclic) bond motifs is 1. The number of rotatable bonds is 2. The maximum absolute atomic E-state index is 12.3. The van der Waals surface area contributed by atoms with Gasteiger partial charge in [0.1, 0.15) is 11.6 Å². The SMILES string of the molecule is O=c1[nH]c(C2(c3ccccc3)CC2)nc2c1CCCN2. The van der Waals surface area contributed by atoms with E-state index in [9.17, 15) is 4.79 Å². The van der Waals surface area contributed by atoms with Crippen LogP contribution in [0.15, 0.2) is 35.1 Å². The highest BCUT2D eigenvalue weighted by atomic mass is 16.1. The minimum atomic E-state index is -0.0748. The zero-order valence-corrected chi connectivity index (χ0v) is 11.3. The van der Waals surface area contributed by atoms with E-state index < -0.39 is 0 Å². The summed E-state index contributed by atoms with van der Waals surface area (Å²) >= 11 is 0. The van der Waals surface area contributed by atoms with Gasteiger partial charge in [0, 0.05) is 6.54 Å². The second-order valence-electron chi connectivity index (χ2n) is 5.72. The molecule has 0 atom stereocenters. The van der Waals surface area contributed by atoms with E-state index in [1.165, 1.54) is 5.56 Å². The van der Waals surface area contributed by atoms with E-state index in [1.54, 1.807) is 0 Å². The molecule has 1 aliphatic heterocycles. The standard InChI is InChI=1S/C16H17N3O/c20-14-12-7-4-10-17-13(12)18-15(19-14)16(8-9-16)11-5-2-1-3-6-11/h1-3,5-6H,4,7-10H2,(H2,17,18,19,20). The quantitative estimate of drug-likeness (QED) is 0.877. The van der Waals surface area contributed by atoms with E-state index in [1.807, 2.05) is 18.2 Å². The molecule has 0 radical (unpaired) electrons. The molecule has 0 amide bonds. The number of hydrogen-bond donors (Lipinski definition) is 2. The van der Waals surface area contributed by atoms with Gasteiger partial charge in [-0.15, -0.1) is 0 Å². The van der Waals surface area contributed by atoms with Crippen molar-refractivity contribution in [3.8, 4) is 0 Å². The predicted molar refractivity (Wildman–Crippen MR) is 78.1 cm³/mol. The van der Waals surface area contributed by atoms with Gasteiger partial charge in [-0.1, -0.05) is 30.3 Å². The molecule has 0 spiro atoms. The topological polar surface area (TPSA) is 57.8 Å². The number of H-pyrrole nitrogens is 1. The fraction of sp³-hybridized carbons (Fsp3) is 0.375. The molecule has 102 valence electrons. The summed E-state index contributed by atoms with van der Waals surface area (Å²) in [5.41, 5.74) is 2.01. The molecule has 20 heavy (non-hydrogen) atoms. The van der Waals surface area contributed by atoms with Crippen molar-refractivity contribution in [2.75, 3.05) is 11.9 Å². The first-order valence-corrected chi connectivity index (χ1v) is 7.23. The van der Waals surface area contributed by atoms with Crippen molar-refractivity contribution in [1.29, 1.82) is 0 Å². The molecule has 1 aromatic heterocycles. The van der Waals surface area contributed by atoms with Gasteiger partial charge in [-0.05, 0) is 31.2 Å². The number of aromatic nitrogens is 2. The van der Waals surface area contributed by atoms with Crippen molar-refractivity contribution < 1.29 is 0 Å². The molecule has 2 heterocycles. The highest BCUT2D eigenvalue weighted by Crippen LogP contribution is 2.52. The van der Waals surface area contributed by atoms with E-state index in [0.29, 0.717) is 0 Å². The molecular weight excluding hydrogens is 250 g/mol. The van der Waals surface area contributed by atoms with Gasteiger partial charge in [0.25, 0.3) is 5.56 Å². The molecule has 0 unspecified atom stereocenters. The first-order chi connectivity index (χ1) is 9.79. The third-order valence-electron chi connectivity index (χ3n) is 4.44. The molecule has 4 heteroatoms. The number of aromatic amines is 1. The Morgan fingerprint density at radius 2 is 1.95 bits per heavy atom. The summed E-state index contributed by atoms with van der Waals surface area (Å²) in [5, 5.41) is 3.26. The second-order valence-corrected chi connectivity index (χ2v) is 5.72. The molecule has 4 nitrogen and oxygen atoms in total. The lowest BCUT2D eigenvalue weighted by molar-refractivity contribution is 0.720. The van der Waals surface area contributed by atoms with Crippen LogP contribution < -0.4 is 10.9 Å². The van der Waals surface area contributed by atoms with Crippen LogP contribution in [-0.2, 0) is 11.8 Å². The van der Waals surface area contributed by atoms with Gasteiger partial charge in [0.15, 0.2) is 0 Å². The third-order valence-corrected chi connectivity index (χ3v) is 4.44. The highest BCUT2D eigenvalue weighted by Gasteiger charge is 2.48. The van der Waals surface area contributed by atoms with E-state index in [0.717, 1.165) is 49.4 Å². The minimum Gasteiger partial charge on any atom is -0.370 e. The van der Waals surface area contributed by atoms with E-state index in [-0.39, 0.29) is 11.0 Å². The number of benzene rings is 1. The van der Waals surface area contributed by atoms with Crippen LogP contribution in [0.1, 0.15) is 36.2 Å². The van der Waals surface area contributed by atoms with Crippen LogP contribution in [0.5, 0.6) is 0 Å². The second kappa shape index (κ2) is 4.20.